The number of hydrogen-bond donors (Lipinski definition) is 1. The van der Waals surface area contributed by atoms with Gasteiger partial charge in [0.2, 0.25) is 11.8 Å². The number of benzene rings is 1. The lowest BCUT2D eigenvalue weighted by Gasteiger charge is -2.10. The minimum atomic E-state index is -0.315. The number of carbonyl (C=O) groups is 1. The maximum Gasteiger partial charge on any atom is 0.248 e. The normalized spacial score (nSPS) is 12.3. The number of carbonyl (C=O) groups excluding carboxylic acids is 1. The first kappa shape index (κ1) is 18.4. The molecule has 6 nitrogen and oxygen atoms in total. The molecule has 1 unspecified atom stereocenters. The van der Waals surface area contributed by atoms with E-state index in [9.17, 15) is 4.79 Å². The smallest absolute Gasteiger partial charge is 0.248 e. The summed E-state index contributed by atoms with van der Waals surface area (Å²) in [5.74, 6) is 1.25. The molecule has 0 aliphatic heterocycles. The van der Waals surface area contributed by atoms with Crippen LogP contribution in [0.3, 0.4) is 0 Å². The summed E-state index contributed by atoms with van der Waals surface area (Å²) in [6, 6.07) is 7.91. The Kier molecular flexibility index (Phi) is 5.56. The minimum absolute atomic E-state index is 0.0952. The topological polar surface area (TPSA) is 80.9 Å². The van der Waals surface area contributed by atoms with Gasteiger partial charge >= 0.3 is 0 Å². The van der Waals surface area contributed by atoms with E-state index in [0.717, 1.165) is 21.5 Å². The van der Waals surface area contributed by atoms with E-state index in [1.807, 2.05) is 32.0 Å². The number of pyridine rings is 1. The monoisotopic (exact) mass is 370 g/mol. The zero-order valence-corrected chi connectivity index (χ0v) is 16.2. The van der Waals surface area contributed by atoms with Gasteiger partial charge in [-0.25, -0.2) is 4.98 Å². The Balaban J connectivity index is 1.62. The Bertz CT molecular complexity index is 938. The van der Waals surface area contributed by atoms with Crippen molar-refractivity contribution in [3.63, 3.8) is 0 Å². The van der Waals surface area contributed by atoms with Crippen LogP contribution in [0.15, 0.2) is 33.8 Å². The Hall–Kier alpha value is -2.41. The maximum atomic E-state index is 12.2. The molecule has 0 aliphatic carbocycles. The molecule has 2 heterocycles. The van der Waals surface area contributed by atoms with E-state index in [4.69, 9.17) is 4.52 Å². The molecule has 3 aromatic rings. The van der Waals surface area contributed by atoms with Crippen LogP contribution in [0.4, 0.5) is 0 Å². The largest absolute Gasteiger partial charge is 0.344 e. The number of nitrogens with one attached hydrogen (secondary N) is 1. The van der Waals surface area contributed by atoms with E-state index in [-0.39, 0.29) is 17.7 Å². The third-order valence-corrected chi connectivity index (χ3v) is 4.96. The lowest BCUT2D eigenvalue weighted by Crippen LogP contribution is -2.28. The van der Waals surface area contributed by atoms with E-state index >= 15 is 0 Å². The molecule has 1 amide bonds. The fourth-order valence-electron chi connectivity index (χ4n) is 2.62. The second-order valence-electron chi connectivity index (χ2n) is 6.28. The predicted molar refractivity (Wildman–Crippen MR) is 102 cm³/mol. The van der Waals surface area contributed by atoms with Crippen molar-refractivity contribution in [3.8, 4) is 0 Å². The van der Waals surface area contributed by atoms with Crippen LogP contribution in [0.25, 0.3) is 10.9 Å². The molecule has 26 heavy (non-hydrogen) atoms. The van der Waals surface area contributed by atoms with Gasteiger partial charge in [0.1, 0.15) is 6.04 Å². The van der Waals surface area contributed by atoms with Crippen LogP contribution in [-0.2, 0) is 11.2 Å². The van der Waals surface area contributed by atoms with Gasteiger partial charge in [-0.05, 0) is 44.5 Å². The molecule has 0 aliphatic rings. The zero-order chi connectivity index (χ0) is 18.7. The summed E-state index contributed by atoms with van der Waals surface area (Å²) >= 11 is 1.42. The summed E-state index contributed by atoms with van der Waals surface area (Å²) < 4.78 is 5.16. The molecule has 3 rings (SSSR count). The van der Waals surface area contributed by atoms with Gasteiger partial charge in [0, 0.05) is 11.8 Å². The lowest BCUT2D eigenvalue weighted by atomic mass is 10.1. The fraction of sp³-hybridized carbons (Fsp3) is 0.368. The lowest BCUT2D eigenvalue weighted by molar-refractivity contribution is -0.119. The Labute approximate surface area is 156 Å². The van der Waals surface area contributed by atoms with Crippen molar-refractivity contribution in [2.75, 3.05) is 5.75 Å². The number of hydrogen-bond acceptors (Lipinski definition) is 6. The van der Waals surface area contributed by atoms with Gasteiger partial charge in [0.25, 0.3) is 0 Å². The van der Waals surface area contributed by atoms with E-state index in [2.05, 4.69) is 40.4 Å². The fourth-order valence-corrected chi connectivity index (χ4v) is 3.41. The summed E-state index contributed by atoms with van der Waals surface area (Å²) in [5, 5.41) is 8.72. The van der Waals surface area contributed by atoms with Crippen LogP contribution in [0, 0.1) is 13.8 Å². The average molecular weight is 370 g/mol. The highest BCUT2D eigenvalue weighted by Crippen LogP contribution is 2.24. The number of thioether (sulfide) groups is 1. The molecule has 1 aromatic carbocycles. The van der Waals surface area contributed by atoms with E-state index in [1.54, 1.807) is 0 Å². The highest BCUT2D eigenvalue weighted by Gasteiger charge is 2.16. The number of nitrogens with zero attached hydrogens (tertiary/aromatic N) is 3. The van der Waals surface area contributed by atoms with Crippen molar-refractivity contribution >= 4 is 28.6 Å². The van der Waals surface area contributed by atoms with Gasteiger partial charge in [-0.2, -0.15) is 4.98 Å². The molecule has 0 radical (unpaired) electrons. The number of amides is 1. The summed E-state index contributed by atoms with van der Waals surface area (Å²) in [6.45, 7) is 7.92. The molecule has 0 fully saturated rings. The Morgan fingerprint density at radius 3 is 2.81 bits per heavy atom. The molecule has 0 spiro atoms. The highest BCUT2D eigenvalue weighted by molar-refractivity contribution is 7.99. The summed E-state index contributed by atoms with van der Waals surface area (Å²) in [5.41, 5.74) is 3.32. The number of aryl methyl sites for hydroxylation is 3. The van der Waals surface area contributed by atoms with Crippen LogP contribution in [0.2, 0.25) is 0 Å². The summed E-state index contributed by atoms with van der Waals surface area (Å²) in [4.78, 5) is 21.1. The van der Waals surface area contributed by atoms with Crippen molar-refractivity contribution in [2.45, 2.75) is 45.2 Å². The van der Waals surface area contributed by atoms with Gasteiger partial charge in [-0.1, -0.05) is 35.5 Å². The number of aromatic nitrogens is 3. The van der Waals surface area contributed by atoms with Crippen molar-refractivity contribution in [2.24, 2.45) is 0 Å². The SMILES string of the molecule is CCc1noc(C(C)NC(=O)CSc2cc(C)c3cc(C)ccc3n2)n1. The minimum Gasteiger partial charge on any atom is -0.344 e. The van der Waals surface area contributed by atoms with Crippen molar-refractivity contribution < 1.29 is 9.32 Å². The van der Waals surface area contributed by atoms with Gasteiger partial charge in [-0.3, -0.25) is 4.79 Å². The van der Waals surface area contributed by atoms with Crippen molar-refractivity contribution in [3.05, 3.63) is 47.1 Å². The van der Waals surface area contributed by atoms with E-state index < -0.39 is 0 Å². The standard InChI is InChI=1S/C19H22N4O2S/c1-5-16-22-19(25-23-16)13(4)20-17(24)10-26-18-9-12(3)14-8-11(2)6-7-15(14)21-18/h6-9,13H,5,10H2,1-4H3,(H,20,24). The van der Waals surface area contributed by atoms with Crippen LogP contribution >= 0.6 is 11.8 Å². The summed E-state index contributed by atoms with van der Waals surface area (Å²) in [6.07, 6.45) is 0.701. The van der Waals surface area contributed by atoms with E-state index in [1.165, 1.54) is 17.3 Å². The predicted octanol–water partition coefficient (Wildman–Crippen LogP) is 3.77. The van der Waals surface area contributed by atoms with Gasteiger partial charge in [0.05, 0.1) is 16.3 Å². The third kappa shape index (κ3) is 4.22. The first-order valence-corrected chi connectivity index (χ1v) is 9.57. The molecule has 0 bridgehead atoms. The Morgan fingerprint density at radius 2 is 2.08 bits per heavy atom. The molecule has 0 saturated carbocycles. The van der Waals surface area contributed by atoms with Crippen LogP contribution < -0.4 is 5.32 Å². The molecule has 1 atom stereocenters. The van der Waals surface area contributed by atoms with Crippen LogP contribution in [-0.4, -0.2) is 26.8 Å². The molecule has 0 saturated heterocycles. The number of fused-ring (bicyclic) bond motifs is 1. The summed E-state index contributed by atoms with van der Waals surface area (Å²) in [7, 11) is 0. The zero-order valence-electron chi connectivity index (χ0n) is 15.4. The van der Waals surface area contributed by atoms with Crippen LogP contribution in [0.5, 0.6) is 0 Å². The molecule has 1 N–H and O–H groups in total. The van der Waals surface area contributed by atoms with E-state index in [0.29, 0.717) is 18.1 Å². The second-order valence-corrected chi connectivity index (χ2v) is 7.27. The maximum absolute atomic E-state index is 12.2. The average Bonchev–Trinajstić information content (AvgIpc) is 3.10. The molecular formula is C19H22N4O2S. The number of rotatable bonds is 6. The molecule has 136 valence electrons. The first-order chi connectivity index (χ1) is 12.5. The van der Waals surface area contributed by atoms with Crippen molar-refractivity contribution in [1.29, 1.82) is 0 Å². The second kappa shape index (κ2) is 7.86. The molecule has 7 heteroatoms. The molecule has 2 aromatic heterocycles. The first-order valence-electron chi connectivity index (χ1n) is 8.59. The third-order valence-electron chi connectivity index (χ3n) is 4.05. The van der Waals surface area contributed by atoms with Crippen LogP contribution in [0.1, 0.15) is 42.7 Å². The quantitative estimate of drug-likeness (QED) is 0.665. The van der Waals surface area contributed by atoms with Crippen molar-refractivity contribution in [1.82, 2.24) is 20.4 Å². The highest BCUT2D eigenvalue weighted by atomic mass is 32.2. The van der Waals surface area contributed by atoms with Gasteiger partial charge in [-0.15, -0.1) is 0 Å². The molecular weight excluding hydrogens is 348 g/mol. The van der Waals surface area contributed by atoms with Gasteiger partial charge in [0.15, 0.2) is 5.82 Å². The Morgan fingerprint density at radius 1 is 1.27 bits per heavy atom. The van der Waals surface area contributed by atoms with Gasteiger partial charge < -0.3 is 9.84 Å².